The minimum Gasteiger partial charge on any atom is -0.481 e. The number of carbonyl (C=O) groups is 1. The lowest BCUT2D eigenvalue weighted by Crippen LogP contribution is -2.30. The van der Waals surface area contributed by atoms with Crippen molar-refractivity contribution in [3.63, 3.8) is 0 Å². The summed E-state index contributed by atoms with van der Waals surface area (Å²) in [7, 11) is -3.08. The van der Waals surface area contributed by atoms with Crippen LogP contribution >= 0.6 is 0 Å². The zero-order valence-electron chi connectivity index (χ0n) is 6.43. The Labute approximate surface area is 70.5 Å². The summed E-state index contributed by atoms with van der Waals surface area (Å²) >= 11 is 0. The van der Waals surface area contributed by atoms with Crippen molar-refractivity contribution in [3.05, 3.63) is 0 Å². The second-order valence-electron chi connectivity index (χ2n) is 3.10. The van der Waals surface area contributed by atoms with Gasteiger partial charge in [0.1, 0.15) is 0 Å². The summed E-state index contributed by atoms with van der Waals surface area (Å²) in [6, 6.07) is -0.508. The summed E-state index contributed by atoms with van der Waals surface area (Å²) in [5.41, 5.74) is 5.46. The molecule has 1 rings (SSSR count). The molecule has 0 aromatic carbocycles. The van der Waals surface area contributed by atoms with Crippen molar-refractivity contribution in [2.75, 3.05) is 11.5 Å². The molecule has 1 aliphatic rings. The molecule has 1 heterocycles. The molecule has 3 N–H and O–H groups in total. The fourth-order valence-electron chi connectivity index (χ4n) is 1.38. The molecule has 0 saturated carbocycles. The molecule has 1 fully saturated rings. The van der Waals surface area contributed by atoms with Crippen molar-refractivity contribution in [2.24, 2.45) is 11.7 Å². The molecule has 6 heteroatoms. The van der Waals surface area contributed by atoms with E-state index in [4.69, 9.17) is 10.8 Å². The predicted molar refractivity (Wildman–Crippen MR) is 42.4 cm³/mol. The van der Waals surface area contributed by atoms with Gasteiger partial charge in [-0.25, -0.2) is 8.42 Å². The van der Waals surface area contributed by atoms with Gasteiger partial charge < -0.3 is 10.8 Å². The molecule has 0 unspecified atom stereocenters. The van der Waals surface area contributed by atoms with Crippen LogP contribution in [0.2, 0.25) is 0 Å². The van der Waals surface area contributed by atoms with E-state index < -0.39 is 27.8 Å². The summed E-state index contributed by atoms with van der Waals surface area (Å²) in [6.07, 6.45) is -0.152. The number of aliphatic carboxylic acids is 1. The van der Waals surface area contributed by atoms with E-state index in [1.54, 1.807) is 0 Å². The van der Waals surface area contributed by atoms with Gasteiger partial charge in [0.25, 0.3) is 0 Å². The van der Waals surface area contributed by atoms with E-state index in [1.807, 2.05) is 0 Å². The molecular formula is C6H11NO4S. The van der Waals surface area contributed by atoms with Crippen molar-refractivity contribution >= 4 is 15.8 Å². The maximum atomic E-state index is 11.0. The largest absolute Gasteiger partial charge is 0.481 e. The third kappa shape index (κ3) is 2.18. The van der Waals surface area contributed by atoms with Crippen molar-refractivity contribution in [1.29, 1.82) is 0 Å². The topological polar surface area (TPSA) is 97.5 Å². The molecule has 1 saturated heterocycles. The van der Waals surface area contributed by atoms with Gasteiger partial charge in [0, 0.05) is 6.04 Å². The molecule has 0 spiro atoms. The van der Waals surface area contributed by atoms with Gasteiger partial charge in [-0.2, -0.15) is 0 Å². The average molecular weight is 193 g/mol. The number of hydrogen-bond acceptors (Lipinski definition) is 4. The molecule has 0 aromatic rings. The van der Waals surface area contributed by atoms with Crippen LogP contribution in [0, 0.1) is 5.92 Å². The van der Waals surface area contributed by atoms with E-state index in [9.17, 15) is 13.2 Å². The Morgan fingerprint density at radius 2 is 2.08 bits per heavy atom. The minimum absolute atomic E-state index is 0.0784. The molecule has 70 valence electrons. The van der Waals surface area contributed by atoms with Crippen LogP contribution in [0.25, 0.3) is 0 Å². The third-order valence-electron chi connectivity index (χ3n) is 1.96. The standard InChI is InChI=1S/C6H11NO4S/c7-5-3-12(10,11)2-4(5)1-6(8)9/h4-5H,1-3,7H2,(H,8,9)/t4-,5-/m0/s1. The Hall–Kier alpha value is -0.620. The molecule has 2 atom stereocenters. The van der Waals surface area contributed by atoms with Gasteiger partial charge in [-0.3, -0.25) is 4.79 Å². The van der Waals surface area contributed by atoms with Crippen LogP contribution in [0.5, 0.6) is 0 Å². The Morgan fingerprint density at radius 1 is 1.50 bits per heavy atom. The lowest BCUT2D eigenvalue weighted by Gasteiger charge is -2.08. The monoisotopic (exact) mass is 193 g/mol. The number of hydrogen-bond donors (Lipinski definition) is 2. The van der Waals surface area contributed by atoms with Gasteiger partial charge >= 0.3 is 5.97 Å². The van der Waals surface area contributed by atoms with E-state index in [1.165, 1.54) is 0 Å². The van der Waals surface area contributed by atoms with Crippen LogP contribution in [0.4, 0.5) is 0 Å². The molecule has 1 aliphatic heterocycles. The van der Waals surface area contributed by atoms with Crippen molar-refractivity contribution in [2.45, 2.75) is 12.5 Å². The summed E-state index contributed by atoms with van der Waals surface area (Å²) in [6.45, 7) is 0. The van der Waals surface area contributed by atoms with Gasteiger partial charge in [-0.15, -0.1) is 0 Å². The Morgan fingerprint density at radius 3 is 2.42 bits per heavy atom. The molecule has 0 aromatic heterocycles. The molecule has 0 bridgehead atoms. The van der Waals surface area contributed by atoms with Crippen LogP contribution in [0.1, 0.15) is 6.42 Å². The second-order valence-corrected chi connectivity index (χ2v) is 5.25. The van der Waals surface area contributed by atoms with Crippen molar-refractivity contribution < 1.29 is 18.3 Å². The van der Waals surface area contributed by atoms with E-state index in [-0.39, 0.29) is 17.9 Å². The van der Waals surface area contributed by atoms with Gasteiger partial charge in [0.05, 0.1) is 17.9 Å². The van der Waals surface area contributed by atoms with Crippen LogP contribution in [0.3, 0.4) is 0 Å². The van der Waals surface area contributed by atoms with Gasteiger partial charge in [0.2, 0.25) is 0 Å². The Kier molecular flexibility index (Phi) is 2.39. The van der Waals surface area contributed by atoms with Crippen LogP contribution < -0.4 is 5.73 Å². The minimum atomic E-state index is -3.08. The molecule has 0 radical (unpaired) electrons. The number of carboxylic acids is 1. The lowest BCUT2D eigenvalue weighted by molar-refractivity contribution is -0.138. The number of sulfone groups is 1. The highest BCUT2D eigenvalue weighted by Gasteiger charge is 2.36. The van der Waals surface area contributed by atoms with Gasteiger partial charge in [0.15, 0.2) is 9.84 Å². The molecule has 0 amide bonds. The Bertz CT molecular complexity index is 284. The number of rotatable bonds is 2. The fraction of sp³-hybridized carbons (Fsp3) is 0.833. The first-order valence-corrected chi connectivity index (χ1v) is 5.40. The van der Waals surface area contributed by atoms with E-state index in [0.717, 1.165) is 0 Å². The van der Waals surface area contributed by atoms with Crippen LogP contribution in [-0.4, -0.2) is 37.0 Å². The predicted octanol–water partition coefficient (Wildman–Crippen LogP) is -1.17. The fourth-order valence-corrected chi connectivity index (χ4v) is 3.39. The molecule has 12 heavy (non-hydrogen) atoms. The van der Waals surface area contributed by atoms with Gasteiger partial charge in [-0.1, -0.05) is 0 Å². The quantitative estimate of drug-likeness (QED) is 0.576. The summed E-state index contributed by atoms with van der Waals surface area (Å²) in [4.78, 5) is 10.3. The maximum absolute atomic E-state index is 11.0. The lowest BCUT2D eigenvalue weighted by atomic mass is 10.0. The van der Waals surface area contributed by atoms with Crippen molar-refractivity contribution in [1.82, 2.24) is 0 Å². The highest BCUT2D eigenvalue weighted by atomic mass is 32.2. The first kappa shape index (κ1) is 9.47. The van der Waals surface area contributed by atoms with E-state index in [0.29, 0.717) is 0 Å². The summed E-state index contributed by atoms with van der Waals surface area (Å²) < 4.78 is 21.9. The zero-order chi connectivity index (χ0) is 9.35. The third-order valence-corrected chi connectivity index (χ3v) is 3.79. The zero-order valence-corrected chi connectivity index (χ0v) is 7.25. The summed E-state index contributed by atoms with van der Waals surface area (Å²) in [5.74, 6) is -1.56. The summed E-state index contributed by atoms with van der Waals surface area (Å²) in [5, 5.41) is 8.41. The highest BCUT2D eigenvalue weighted by Crippen LogP contribution is 2.20. The van der Waals surface area contributed by atoms with Crippen LogP contribution in [-0.2, 0) is 14.6 Å². The highest BCUT2D eigenvalue weighted by molar-refractivity contribution is 7.91. The van der Waals surface area contributed by atoms with E-state index >= 15 is 0 Å². The van der Waals surface area contributed by atoms with Crippen molar-refractivity contribution in [3.8, 4) is 0 Å². The SMILES string of the molecule is N[C@H]1CS(=O)(=O)C[C@@H]1CC(=O)O. The molecule has 5 nitrogen and oxygen atoms in total. The van der Waals surface area contributed by atoms with Gasteiger partial charge in [-0.05, 0) is 5.92 Å². The number of nitrogens with two attached hydrogens (primary N) is 1. The van der Waals surface area contributed by atoms with E-state index in [2.05, 4.69) is 0 Å². The Balaban J connectivity index is 2.64. The smallest absolute Gasteiger partial charge is 0.303 e. The molecule has 0 aliphatic carbocycles. The normalized spacial score (nSPS) is 33.4. The first-order chi connectivity index (χ1) is 5.41. The molecular weight excluding hydrogens is 182 g/mol. The average Bonchev–Trinajstić information content (AvgIpc) is 2.03. The van der Waals surface area contributed by atoms with Crippen LogP contribution in [0.15, 0.2) is 0 Å². The first-order valence-electron chi connectivity index (χ1n) is 3.58. The second kappa shape index (κ2) is 3.02. The maximum Gasteiger partial charge on any atom is 0.303 e. The number of carboxylic acid groups (broad SMARTS) is 1.